The molecule has 0 aliphatic rings. The Kier molecular flexibility index (Phi) is 6.75. The number of carbonyl (C=O) groups excluding carboxylic acids is 1. The number of aromatic nitrogens is 1. The van der Waals surface area contributed by atoms with Gasteiger partial charge in [-0.2, -0.15) is 13.2 Å². The van der Waals surface area contributed by atoms with E-state index >= 15 is 0 Å². The van der Waals surface area contributed by atoms with Crippen LogP contribution < -0.4 is 11.1 Å². The van der Waals surface area contributed by atoms with Crippen molar-refractivity contribution in [3.05, 3.63) is 120 Å². The third-order valence-electron chi connectivity index (χ3n) is 5.57. The molecular formula is C27H22F3N3O. The number of amides is 1. The molecule has 0 fully saturated rings. The van der Waals surface area contributed by atoms with Crippen molar-refractivity contribution in [3.8, 4) is 11.1 Å². The van der Waals surface area contributed by atoms with Crippen LogP contribution in [0.3, 0.4) is 0 Å². The molecule has 0 aliphatic heterocycles. The number of pyridine rings is 1. The normalized spacial score (nSPS) is 12.4. The zero-order valence-electron chi connectivity index (χ0n) is 18.0. The van der Waals surface area contributed by atoms with Crippen LogP contribution in [0.5, 0.6) is 0 Å². The van der Waals surface area contributed by atoms with Crippen LogP contribution in [0.4, 0.5) is 18.9 Å². The van der Waals surface area contributed by atoms with Crippen LogP contribution in [0.1, 0.15) is 22.6 Å². The lowest BCUT2D eigenvalue weighted by molar-refractivity contribution is -0.137. The summed E-state index contributed by atoms with van der Waals surface area (Å²) < 4.78 is 40.0. The molecule has 7 heteroatoms. The first-order valence-corrected chi connectivity index (χ1v) is 10.6. The van der Waals surface area contributed by atoms with E-state index in [1.54, 1.807) is 12.1 Å². The molecule has 3 aromatic carbocycles. The smallest absolute Gasteiger partial charge is 0.325 e. The van der Waals surface area contributed by atoms with Crippen molar-refractivity contribution in [2.75, 3.05) is 5.32 Å². The van der Waals surface area contributed by atoms with Crippen molar-refractivity contribution < 1.29 is 18.0 Å². The second kappa shape index (κ2) is 9.89. The van der Waals surface area contributed by atoms with Gasteiger partial charge in [-0.1, -0.05) is 72.8 Å². The highest BCUT2D eigenvalue weighted by molar-refractivity contribution is 5.96. The van der Waals surface area contributed by atoms with Crippen molar-refractivity contribution >= 4 is 11.6 Å². The van der Waals surface area contributed by atoms with E-state index in [9.17, 15) is 18.0 Å². The zero-order valence-corrected chi connectivity index (χ0v) is 18.0. The minimum Gasteiger partial charge on any atom is -0.325 e. The molecule has 4 nitrogen and oxygen atoms in total. The summed E-state index contributed by atoms with van der Waals surface area (Å²) in [5.74, 6) is -0.766. The van der Waals surface area contributed by atoms with E-state index in [4.69, 9.17) is 5.73 Å². The molecule has 0 aliphatic carbocycles. The largest absolute Gasteiger partial charge is 0.418 e. The van der Waals surface area contributed by atoms with E-state index in [2.05, 4.69) is 10.3 Å². The fourth-order valence-electron chi connectivity index (χ4n) is 3.91. The Morgan fingerprint density at radius 1 is 0.824 bits per heavy atom. The quantitative estimate of drug-likeness (QED) is 0.378. The fraction of sp³-hybridized carbons (Fsp3) is 0.111. The van der Waals surface area contributed by atoms with Crippen LogP contribution in [0.15, 0.2) is 103 Å². The SMILES string of the molecule is NC(C(=O)Nc1ccc(-c2ccncc2C(F)(F)F)cc1)C(c1ccccc1)c1ccccc1. The first-order chi connectivity index (χ1) is 16.3. The van der Waals surface area contributed by atoms with E-state index in [0.717, 1.165) is 17.3 Å². The molecule has 4 aromatic rings. The predicted octanol–water partition coefficient (Wildman–Crippen LogP) is 5.87. The monoisotopic (exact) mass is 461 g/mol. The van der Waals surface area contributed by atoms with Gasteiger partial charge >= 0.3 is 6.18 Å². The number of nitrogens with two attached hydrogens (primary N) is 1. The third-order valence-corrected chi connectivity index (χ3v) is 5.57. The van der Waals surface area contributed by atoms with E-state index in [0.29, 0.717) is 11.3 Å². The molecule has 1 amide bonds. The number of benzene rings is 3. The summed E-state index contributed by atoms with van der Waals surface area (Å²) in [7, 11) is 0. The molecule has 0 radical (unpaired) electrons. The number of nitrogens with zero attached hydrogens (tertiary/aromatic N) is 1. The Morgan fingerprint density at radius 3 is 1.91 bits per heavy atom. The van der Waals surface area contributed by atoms with Gasteiger partial charge in [0, 0.05) is 24.0 Å². The van der Waals surface area contributed by atoms with Gasteiger partial charge in [-0.15, -0.1) is 0 Å². The highest BCUT2D eigenvalue weighted by Crippen LogP contribution is 2.36. The Bertz CT molecular complexity index is 1200. The maximum absolute atomic E-state index is 13.3. The topological polar surface area (TPSA) is 68.0 Å². The van der Waals surface area contributed by atoms with E-state index in [-0.39, 0.29) is 11.5 Å². The van der Waals surface area contributed by atoms with Crippen LogP contribution in [-0.2, 0) is 11.0 Å². The number of hydrogen-bond acceptors (Lipinski definition) is 3. The lowest BCUT2D eigenvalue weighted by Gasteiger charge is -2.24. The molecule has 0 bridgehead atoms. The number of anilines is 1. The van der Waals surface area contributed by atoms with Crippen LogP contribution in [-0.4, -0.2) is 16.9 Å². The Labute approximate surface area is 195 Å². The predicted molar refractivity (Wildman–Crippen MR) is 126 cm³/mol. The molecule has 0 saturated carbocycles. The summed E-state index contributed by atoms with van der Waals surface area (Å²) in [5.41, 5.74) is 8.23. The maximum Gasteiger partial charge on any atom is 0.418 e. The molecule has 4 rings (SSSR count). The Balaban J connectivity index is 1.56. The molecule has 1 unspecified atom stereocenters. The second-order valence-corrected chi connectivity index (χ2v) is 7.81. The zero-order chi connectivity index (χ0) is 24.1. The molecule has 0 spiro atoms. The third kappa shape index (κ3) is 5.15. The average molecular weight is 461 g/mol. The number of hydrogen-bond donors (Lipinski definition) is 2. The highest BCUT2D eigenvalue weighted by atomic mass is 19.4. The lowest BCUT2D eigenvalue weighted by Crippen LogP contribution is -2.41. The number of nitrogens with one attached hydrogen (secondary N) is 1. The Hall–Kier alpha value is -3.97. The number of rotatable bonds is 6. The van der Waals surface area contributed by atoms with Crippen molar-refractivity contribution in [1.29, 1.82) is 0 Å². The van der Waals surface area contributed by atoms with E-state index in [1.807, 2.05) is 60.7 Å². The summed E-state index contributed by atoms with van der Waals surface area (Å²) >= 11 is 0. The standard InChI is InChI=1S/C27H22F3N3O/c28-27(29,30)23-17-32-16-15-22(23)18-11-13-21(14-12-18)33-26(34)25(31)24(19-7-3-1-4-8-19)20-9-5-2-6-10-20/h1-17,24-25H,31H2,(H,33,34). The first kappa shape index (κ1) is 23.2. The molecule has 1 atom stereocenters. The van der Waals surface area contributed by atoms with Gasteiger partial charge in [0.1, 0.15) is 0 Å². The lowest BCUT2D eigenvalue weighted by atomic mass is 9.85. The Morgan fingerprint density at radius 2 is 1.38 bits per heavy atom. The van der Waals surface area contributed by atoms with Crippen molar-refractivity contribution in [1.82, 2.24) is 4.98 Å². The molecule has 1 aromatic heterocycles. The summed E-state index contributed by atoms with van der Waals surface area (Å²) in [6, 6.07) is 25.6. The fourth-order valence-corrected chi connectivity index (χ4v) is 3.91. The van der Waals surface area contributed by atoms with Crippen LogP contribution in [0.25, 0.3) is 11.1 Å². The molecule has 0 saturated heterocycles. The van der Waals surface area contributed by atoms with Gasteiger partial charge in [-0.25, -0.2) is 0 Å². The molecule has 1 heterocycles. The van der Waals surface area contributed by atoms with Gasteiger partial charge in [0.15, 0.2) is 0 Å². The van der Waals surface area contributed by atoms with Crippen LogP contribution in [0, 0.1) is 0 Å². The van der Waals surface area contributed by atoms with E-state index < -0.39 is 23.7 Å². The van der Waals surface area contributed by atoms with E-state index in [1.165, 1.54) is 24.4 Å². The molecular weight excluding hydrogens is 439 g/mol. The van der Waals surface area contributed by atoms with Gasteiger partial charge in [-0.3, -0.25) is 9.78 Å². The van der Waals surface area contributed by atoms with Gasteiger partial charge in [0.05, 0.1) is 11.6 Å². The maximum atomic E-state index is 13.3. The molecule has 34 heavy (non-hydrogen) atoms. The van der Waals surface area contributed by atoms with Gasteiger partial charge < -0.3 is 11.1 Å². The second-order valence-electron chi connectivity index (χ2n) is 7.81. The summed E-state index contributed by atoms with van der Waals surface area (Å²) in [5, 5.41) is 2.79. The van der Waals surface area contributed by atoms with Gasteiger partial charge in [0.25, 0.3) is 0 Å². The summed E-state index contributed by atoms with van der Waals surface area (Å²) in [6.45, 7) is 0. The van der Waals surface area contributed by atoms with Gasteiger partial charge in [0.2, 0.25) is 5.91 Å². The average Bonchev–Trinajstić information content (AvgIpc) is 2.85. The van der Waals surface area contributed by atoms with Gasteiger partial charge in [-0.05, 0) is 40.5 Å². The minimum atomic E-state index is -4.52. The summed E-state index contributed by atoms with van der Waals surface area (Å²) in [4.78, 5) is 16.6. The highest BCUT2D eigenvalue weighted by Gasteiger charge is 2.34. The van der Waals surface area contributed by atoms with Crippen molar-refractivity contribution in [2.45, 2.75) is 18.1 Å². The summed E-state index contributed by atoms with van der Waals surface area (Å²) in [6.07, 6.45) is -2.41. The van der Waals surface area contributed by atoms with Crippen molar-refractivity contribution in [2.24, 2.45) is 5.73 Å². The van der Waals surface area contributed by atoms with Crippen LogP contribution >= 0.6 is 0 Å². The number of carbonyl (C=O) groups is 1. The first-order valence-electron chi connectivity index (χ1n) is 10.6. The van der Waals surface area contributed by atoms with Crippen molar-refractivity contribution in [3.63, 3.8) is 0 Å². The number of halogens is 3. The molecule has 3 N–H and O–H groups in total. The number of alkyl halides is 3. The van der Waals surface area contributed by atoms with Crippen LogP contribution in [0.2, 0.25) is 0 Å². The molecule has 172 valence electrons. The minimum absolute atomic E-state index is 0.0188.